The maximum absolute atomic E-state index is 11.0. The van der Waals surface area contributed by atoms with Crippen molar-refractivity contribution >= 4 is 5.97 Å². The number of aromatic nitrogens is 2. The van der Waals surface area contributed by atoms with Crippen LogP contribution in [0.25, 0.3) is 0 Å². The van der Waals surface area contributed by atoms with E-state index in [0.29, 0.717) is 6.42 Å². The van der Waals surface area contributed by atoms with Crippen LogP contribution in [0.5, 0.6) is 0 Å². The summed E-state index contributed by atoms with van der Waals surface area (Å²) in [6.45, 7) is 6.54. The quantitative estimate of drug-likeness (QED) is 0.934. The predicted molar refractivity (Wildman–Crippen MR) is 78.1 cm³/mol. The van der Waals surface area contributed by atoms with E-state index < -0.39 is 5.97 Å². The fourth-order valence-corrected chi connectivity index (χ4v) is 2.14. The number of hydrogen-bond donors (Lipinski definition) is 1. The highest BCUT2D eigenvalue weighted by Gasteiger charge is 2.14. The molecular weight excluding hydrogens is 252 g/mol. The van der Waals surface area contributed by atoms with Crippen molar-refractivity contribution in [2.75, 3.05) is 0 Å². The number of benzene rings is 1. The summed E-state index contributed by atoms with van der Waals surface area (Å²) in [6.07, 6.45) is 0.644. The average molecular weight is 272 g/mol. The molecule has 2 rings (SSSR count). The summed E-state index contributed by atoms with van der Waals surface area (Å²) in [6, 6.07) is 10.0. The average Bonchev–Trinajstić information content (AvgIpc) is 2.70. The highest BCUT2D eigenvalue weighted by molar-refractivity contribution is 5.85. The normalized spacial score (nSPS) is 11.6. The van der Waals surface area contributed by atoms with Gasteiger partial charge in [0, 0.05) is 13.5 Å². The van der Waals surface area contributed by atoms with Gasteiger partial charge < -0.3 is 5.11 Å². The van der Waals surface area contributed by atoms with Crippen molar-refractivity contribution < 1.29 is 9.90 Å². The number of carboxylic acid groups (broad SMARTS) is 1. The molecule has 1 aromatic heterocycles. The predicted octanol–water partition coefficient (Wildman–Crippen LogP) is 3.01. The van der Waals surface area contributed by atoms with E-state index in [2.05, 4.69) is 50.1 Å². The summed E-state index contributed by atoms with van der Waals surface area (Å²) in [5.41, 5.74) is 3.54. The fraction of sp³-hybridized carbons (Fsp3) is 0.375. The Morgan fingerprint density at radius 1 is 1.25 bits per heavy atom. The van der Waals surface area contributed by atoms with Gasteiger partial charge in [-0.2, -0.15) is 5.10 Å². The van der Waals surface area contributed by atoms with E-state index in [1.165, 1.54) is 10.2 Å². The Morgan fingerprint density at radius 3 is 2.30 bits per heavy atom. The zero-order valence-corrected chi connectivity index (χ0v) is 12.3. The molecule has 4 nitrogen and oxygen atoms in total. The van der Waals surface area contributed by atoms with Crippen molar-refractivity contribution in [2.24, 2.45) is 7.05 Å². The number of carboxylic acids is 1. The van der Waals surface area contributed by atoms with Crippen molar-refractivity contribution in [1.29, 1.82) is 0 Å². The lowest BCUT2D eigenvalue weighted by molar-refractivity contribution is 0.0685. The zero-order valence-electron chi connectivity index (χ0n) is 12.3. The minimum absolute atomic E-state index is 0.139. The standard InChI is InChI=1S/C16H20N2O2/c1-16(2,3)12-7-5-11(6-8-12)9-13-10-14(15(19)20)18(4)17-13/h5-8,10H,9H2,1-4H3,(H,19,20). The summed E-state index contributed by atoms with van der Waals surface area (Å²) >= 11 is 0. The Bertz CT molecular complexity index is 619. The van der Waals surface area contributed by atoms with Gasteiger partial charge in [-0.1, -0.05) is 45.0 Å². The highest BCUT2D eigenvalue weighted by Crippen LogP contribution is 2.22. The first-order valence-electron chi connectivity index (χ1n) is 6.63. The molecule has 1 N–H and O–H groups in total. The largest absolute Gasteiger partial charge is 0.477 e. The Morgan fingerprint density at radius 2 is 1.85 bits per heavy atom. The molecule has 0 aliphatic rings. The van der Waals surface area contributed by atoms with Crippen molar-refractivity contribution in [3.8, 4) is 0 Å². The molecular formula is C16H20N2O2. The summed E-state index contributed by atoms with van der Waals surface area (Å²) in [4.78, 5) is 11.0. The van der Waals surface area contributed by atoms with Crippen LogP contribution in [0.3, 0.4) is 0 Å². The third-order valence-electron chi connectivity index (χ3n) is 3.35. The minimum Gasteiger partial charge on any atom is -0.477 e. The van der Waals surface area contributed by atoms with Crippen LogP contribution in [-0.4, -0.2) is 20.9 Å². The molecule has 0 amide bonds. The van der Waals surface area contributed by atoms with Crippen LogP contribution in [0.4, 0.5) is 0 Å². The van der Waals surface area contributed by atoms with E-state index in [-0.39, 0.29) is 11.1 Å². The molecule has 0 bridgehead atoms. The van der Waals surface area contributed by atoms with Crippen molar-refractivity contribution in [2.45, 2.75) is 32.6 Å². The number of rotatable bonds is 3. The summed E-state index contributed by atoms with van der Waals surface area (Å²) in [5, 5.41) is 13.2. The smallest absolute Gasteiger partial charge is 0.354 e. The first-order chi connectivity index (χ1) is 9.27. The van der Waals surface area contributed by atoms with Crippen molar-refractivity contribution in [3.63, 3.8) is 0 Å². The molecule has 0 unspecified atom stereocenters. The van der Waals surface area contributed by atoms with E-state index in [9.17, 15) is 4.79 Å². The number of hydrogen-bond acceptors (Lipinski definition) is 2. The summed E-state index contributed by atoms with van der Waals surface area (Å²) in [7, 11) is 1.65. The van der Waals surface area contributed by atoms with Crippen LogP contribution in [-0.2, 0) is 18.9 Å². The Hall–Kier alpha value is -2.10. The first-order valence-corrected chi connectivity index (χ1v) is 6.63. The molecule has 0 saturated heterocycles. The van der Waals surface area contributed by atoms with E-state index in [0.717, 1.165) is 11.3 Å². The van der Waals surface area contributed by atoms with Crippen molar-refractivity contribution in [1.82, 2.24) is 9.78 Å². The summed E-state index contributed by atoms with van der Waals surface area (Å²) in [5.74, 6) is -0.950. The maximum Gasteiger partial charge on any atom is 0.354 e. The molecule has 4 heteroatoms. The number of nitrogens with zero attached hydrogens (tertiary/aromatic N) is 2. The monoisotopic (exact) mass is 272 g/mol. The van der Waals surface area contributed by atoms with Crippen LogP contribution >= 0.6 is 0 Å². The number of aryl methyl sites for hydroxylation is 1. The molecule has 0 spiro atoms. The lowest BCUT2D eigenvalue weighted by Crippen LogP contribution is -2.10. The van der Waals surface area contributed by atoms with Gasteiger partial charge in [-0.25, -0.2) is 4.79 Å². The minimum atomic E-state index is -0.950. The van der Waals surface area contributed by atoms with Crippen LogP contribution in [0.1, 0.15) is 48.1 Å². The van der Waals surface area contributed by atoms with Gasteiger partial charge in [-0.05, 0) is 22.6 Å². The van der Waals surface area contributed by atoms with Gasteiger partial charge in [0.05, 0.1) is 5.69 Å². The first kappa shape index (κ1) is 14.3. The summed E-state index contributed by atoms with van der Waals surface area (Å²) < 4.78 is 1.40. The topological polar surface area (TPSA) is 55.1 Å². The molecule has 0 aliphatic heterocycles. The molecule has 1 aromatic carbocycles. The van der Waals surface area contributed by atoms with Gasteiger partial charge in [0.15, 0.2) is 0 Å². The SMILES string of the molecule is Cn1nc(Cc2ccc(C(C)(C)C)cc2)cc1C(=O)O. The Balaban J connectivity index is 2.18. The molecule has 0 aliphatic carbocycles. The second-order valence-corrected chi connectivity index (χ2v) is 6.07. The van der Waals surface area contributed by atoms with Crippen LogP contribution < -0.4 is 0 Å². The number of carbonyl (C=O) groups is 1. The Labute approximate surface area is 119 Å². The van der Waals surface area contributed by atoms with Gasteiger partial charge >= 0.3 is 5.97 Å². The second kappa shape index (κ2) is 5.12. The van der Waals surface area contributed by atoms with Crippen LogP contribution in [0, 0.1) is 0 Å². The lowest BCUT2D eigenvalue weighted by Gasteiger charge is -2.19. The molecule has 0 fully saturated rings. The zero-order chi connectivity index (χ0) is 14.9. The number of aromatic carboxylic acids is 1. The van der Waals surface area contributed by atoms with Gasteiger partial charge in [0.1, 0.15) is 5.69 Å². The lowest BCUT2D eigenvalue weighted by atomic mass is 9.86. The second-order valence-electron chi connectivity index (χ2n) is 6.07. The highest BCUT2D eigenvalue weighted by atomic mass is 16.4. The third-order valence-corrected chi connectivity index (χ3v) is 3.35. The van der Waals surface area contributed by atoms with Gasteiger partial charge in [0.25, 0.3) is 0 Å². The molecule has 0 atom stereocenters. The van der Waals surface area contributed by atoms with Gasteiger partial charge in [-0.15, -0.1) is 0 Å². The molecule has 106 valence electrons. The van der Waals surface area contributed by atoms with Gasteiger partial charge in [0.2, 0.25) is 0 Å². The van der Waals surface area contributed by atoms with E-state index in [1.54, 1.807) is 13.1 Å². The van der Waals surface area contributed by atoms with E-state index in [4.69, 9.17) is 5.11 Å². The maximum atomic E-state index is 11.0. The Kier molecular flexibility index (Phi) is 3.66. The van der Waals surface area contributed by atoms with Crippen LogP contribution in [0.15, 0.2) is 30.3 Å². The van der Waals surface area contributed by atoms with Crippen LogP contribution in [0.2, 0.25) is 0 Å². The third kappa shape index (κ3) is 3.07. The molecule has 1 heterocycles. The van der Waals surface area contributed by atoms with Crippen molar-refractivity contribution in [3.05, 3.63) is 52.8 Å². The fourth-order valence-electron chi connectivity index (χ4n) is 2.14. The molecule has 0 radical (unpaired) electrons. The van der Waals surface area contributed by atoms with Gasteiger partial charge in [-0.3, -0.25) is 4.68 Å². The molecule has 0 saturated carbocycles. The molecule has 20 heavy (non-hydrogen) atoms. The van der Waals surface area contributed by atoms with E-state index in [1.807, 2.05) is 0 Å². The molecule has 2 aromatic rings. The van der Waals surface area contributed by atoms with E-state index >= 15 is 0 Å².